The summed E-state index contributed by atoms with van der Waals surface area (Å²) in [6.07, 6.45) is 0.207. The van der Waals surface area contributed by atoms with Gasteiger partial charge in [-0.05, 0) is 44.6 Å². The Morgan fingerprint density at radius 2 is 1.63 bits per heavy atom. The van der Waals surface area contributed by atoms with Gasteiger partial charge in [-0.1, -0.05) is 37.2 Å². The highest BCUT2D eigenvalue weighted by Gasteiger charge is 2.53. The molecule has 3 aliphatic carbocycles. The van der Waals surface area contributed by atoms with Crippen molar-refractivity contribution in [2.75, 3.05) is 0 Å². The van der Waals surface area contributed by atoms with Crippen molar-refractivity contribution in [3.8, 4) is 11.4 Å². The number of alkyl halides is 3. The minimum atomic E-state index is -4.46. The molecule has 3 fully saturated rings. The van der Waals surface area contributed by atoms with E-state index in [2.05, 4.69) is 15.4 Å². The molecular formula is C21H28F3N5O. The first-order valence-electron chi connectivity index (χ1n) is 10.3. The summed E-state index contributed by atoms with van der Waals surface area (Å²) < 4.78 is 42.0. The van der Waals surface area contributed by atoms with Crippen molar-refractivity contribution in [2.45, 2.75) is 64.0 Å². The molecule has 3 saturated carbocycles. The molecule has 1 aromatic heterocycles. The van der Waals surface area contributed by atoms with Crippen LogP contribution < -0.4 is 5.73 Å². The Bertz CT molecular complexity index is 910. The van der Waals surface area contributed by atoms with Crippen LogP contribution in [0, 0.1) is 5.41 Å². The van der Waals surface area contributed by atoms with Gasteiger partial charge in [-0.2, -0.15) is 13.2 Å². The van der Waals surface area contributed by atoms with Crippen LogP contribution >= 0.6 is 0 Å². The normalized spacial score (nSPS) is 26.3. The van der Waals surface area contributed by atoms with E-state index >= 15 is 0 Å². The molecule has 0 radical (unpaired) electrons. The Morgan fingerprint density at radius 3 is 2.17 bits per heavy atom. The van der Waals surface area contributed by atoms with E-state index in [4.69, 9.17) is 10.9 Å². The number of oxime groups is 1. The van der Waals surface area contributed by atoms with Crippen LogP contribution in [0.4, 0.5) is 13.2 Å². The lowest BCUT2D eigenvalue weighted by molar-refractivity contribution is -0.137. The molecule has 3 N–H and O–H groups in total. The van der Waals surface area contributed by atoms with Crippen molar-refractivity contribution in [1.82, 2.24) is 14.8 Å². The number of aromatic nitrogens is 3. The number of halogens is 3. The summed E-state index contributed by atoms with van der Waals surface area (Å²) >= 11 is 0. The van der Waals surface area contributed by atoms with Gasteiger partial charge in [0, 0.05) is 23.4 Å². The van der Waals surface area contributed by atoms with E-state index in [0.717, 1.165) is 44.6 Å². The maximum Gasteiger partial charge on any atom is 0.417 e. The van der Waals surface area contributed by atoms with E-state index < -0.39 is 11.7 Å². The molecule has 1 aromatic carbocycles. The molecule has 0 atom stereocenters. The maximum absolute atomic E-state index is 13.4. The van der Waals surface area contributed by atoms with Crippen LogP contribution in [-0.2, 0) is 18.6 Å². The SMILES string of the molecule is CC.Cn1c(-c2ccccc2C(F)(F)F)nnc1C12CCC(/C(N)=N\O)(CC1)CC2. The van der Waals surface area contributed by atoms with Crippen LogP contribution in [-0.4, -0.2) is 25.8 Å². The molecule has 0 saturated heterocycles. The van der Waals surface area contributed by atoms with Crippen LogP contribution in [0.2, 0.25) is 0 Å². The second kappa shape index (κ2) is 7.92. The molecular weight excluding hydrogens is 395 g/mol. The summed E-state index contributed by atoms with van der Waals surface area (Å²) in [6, 6.07) is 5.44. The molecule has 1 heterocycles. The zero-order valence-electron chi connectivity index (χ0n) is 17.5. The number of rotatable bonds is 3. The minimum Gasteiger partial charge on any atom is -0.409 e. The number of nitrogens with two attached hydrogens (primary N) is 1. The van der Waals surface area contributed by atoms with Crippen LogP contribution in [0.1, 0.15) is 63.8 Å². The van der Waals surface area contributed by atoms with E-state index in [1.54, 1.807) is 17.7 Å². The number of benzene rings is 1. The van der Waals surface area contributed by atoms with Crippen molar-refractivity contribution in [3.63, 3.8) is 0 Å². The Kier molecular flexibility index (Phi) is 5.84. The molecule has 0 unspecified atom stereocenters. The molecule has 2 bridgehead atoms. The van der Waals surface area contributed by atoms with Crippen LogP contribution in [0.3, 0.4) is 0 Å². The smallest absolute Gasteiger partial charge is 0.409 e. The van der Waals surface area contributed by atoms with Gasteiger partial charge in [0.05, 0.1) is 5.56 Å². The molecule has 30 heavy (non-hydrogen) atoms. The number of hydrogen-bond acceptors (Lipinski definition) is 4. The van der Waals surface area contributed by atoms with Crippen molar-refractivity contribution < 1.29 is 18.4 Å². The first-order valence-corrected chi connectivity index (χ1v) is 10.3. The molecule has 3 aliphatic rings. The molecule has 0 amide bonds. The zero-order chi connectivity index (χ0) is 22.2. The first-order chi connectivity index (χ1) is 14.2. The van der Waals surface area contributed by atoms with Gasteiger partial charge in [0.15, 0.2) is 5.82 Å². The highest BCUT2D eigenvalue weighted by molar-refractivity contribution is 5.86. The van der Waals surface area contributed by atoms with Crippen molar-refractivity contribution in [3.05, 3.63) is 35.7 Å². The quantitative estimate of drug-likeness (QED) is 0.319. The largest absolute Gasteiger partial charge is 0.417 e. The lowest BCUT2D eigenvalue weighted by Crippen LogP contribution is -2.51. The second-order valence-electron chi connectivity index (χ2n) is 8.00. The standard InChI is InChI=1S/C19H22F3N5O.C2H6/c1-27-14(12-4-2-3-5-13(12)19(20,21)22)24-25-16(27)18-9-6-17(7-10-18,8-11-18)15(23)26-28;1-2/h2-5,28H,6-11H2,1H3,(H2,23,26);1-2H3. The monoisotopic (exact) mass is 423 g/mol. The molecule has 0 spiro atoms. The summed E-state index contributed by atoms with van der Waals surface area (Å²) in [7, 11) is 1.73. The van der Waals surface area contributed by atoms with E-state index in [1.807, 2.05) is 13.8 Å². The summed E-state index contributed by atoms with van der Waals surface area (Å²) in [5.41, 5.74) is 4.74. The fourth-order valence-electron chi connectivity index (χ4n) is 4.96. The van der Waals surface area contributed by atoms with Gasteiger partial charge < -0.3 is 15.5 Å². The molecule has 0 aliphatic heterocycles. The fourth-order valence-corrected chi connectivity index (χ4v) is 4.96. The predicted octanol–water partition coefficient (Wildman–Crippen LogP) is 4.87. The lowest BCUT2D eigenvalue weighted by atomic mass is 9.53. The van der Waals surface area contributed by atoms with Gasteiger partial charge in [-0.15, -0.1) is 10.2 Å². The average molecular weight is 423 g/mol. The van der Waals surface area contributed by atoms with Gasteiger partial charge in [0.1, 0.15) is 11.7 Å². The van der Waals surface area contributed by atoms with Crippen LogP contribution in [0.15, 0.2) is 29.4 Å². The third-order valence-electron chi connectivity index (χ3n) is 6.72. The van der Waals surface area contributed by atoms with E-state index in [1.165, 1.54) is 12.1 Å². The maximum atomic E-state index is 13.4. The Labute approximate surface area is 174 Å². The van der Waals surface area contributed by atoms with Gasteiger partial charge in [-0.25, -0.2) is 0 Å². The second-order valence-corrected chi connectivity index (χ2v) is 8.00. The molecule has 2 aromatic rings. The van der Waals surface area contributed by atoms with Crippen molar-refractivity contribution in [2.24, 2.45) is 23.4 Å². The highest BCUT2D eigenvalue weighted by Crippen LogP contribution is 2.57. The van der Waals surface area contributed by atoms with Crippen LogP contribution in [0.5, 0.6) is 0 Å². The van der Waals surface area contributed by atoms with Gasteiger partial charge >= 0.3 is 6.18 Å². The highest BCUT2D eigenvalue weighted by atomic mass is 19.4. The molecule has 9 heteroatoms. The topological polar surface area (TPSA) is 89.3 Å². The first kappa shape index (κ1) is 22.1. The fraction of sp³-hybridized carbons (Fsp3) is 0.571. The molecule has 6 nitrogen and oxygen atoms in total. The number of amidine groups is 1. The van der Waals surface area contributed by atoms with Gasteiger partial charge in [0.2, 0.25) is 0 Å². The third kappa shape index (κ3) is 3.44. The van der Waals surface area contributed by atoms with Gasteiger partial charge in [-0.3, -0.25) is 0 Å². The Morgan fingerprint density at radius 1 is 1.07 bits per heavy atom. The number of nitrogens with zero attached hydrogens (tertiary/aromatic N) is 4. The summed E-state index contributed by atoms with van der Waals surface area (Å²) in [4.78, 5) is 0. The van der Waals surface area contributed by atoms with Crippen LogP contribution in [0.25, 0.3) is 11.4 Å². The molecule has 164 valence electrons. The predicted molar refractivity (Wildman–Crippen MR) is 108 cm³/mol. The van der Waals surface area contributed by atoms with Crippen molar-refractivity contribution in [1.29, 1.82) is 0 Å². The lowest BCUT2D eigenvalue weighted by Gasteiger charge is -2.52. The van der Waals surface area contributed by atoms with E-state index in [-0.39, 0.29) is 28.1 Å². The van der Waals surface area contributed by atoms with E-state index in [0.29, 0.717) is 5.82 Å². The average Bonchev–Trinajstić information content (AvgIpc) is 3.17. The van der Waals surface area contributed by atoms with E-state index in [9.17, 15) is 13.2 Å². The Balaban J connectivity index is 0.00000124. The summed E-state index contributed by atoms with van der Waals surface area (Å²) in [6.45, 7) is 4.00. The number of fused-ring (bicyclic) bond motifs is 3. The zero-order valence-corrected chi connectivity index (χ0v) is 17.5. The summed E-state index contributed by atoms with van der Waals surface area (Å²) in [5.74, 6) is 1.21. The summed E-state index contributed by atoms with van der Waals surface area (Å²) in [5, 5.41) is 20.8. The molecule has 5 rings (SSSR count). The third-order valence-corrected chi connectivity index (χ3v) is 6.72. The van der Waals surface area contributed by atoms with Crippen molar-refractivity contribution >= 4 is 5.84 Å². The van der Waals surface area contributed by atoms with Gasteiger partial charge in [0.25, 0.3) is 0 Å². The number of hydrogen-bond donors (Lipinski definition) is 2. The minimum absolute atomic E-state index is 0.0327. The Hall–Kier alpha value is -2.58.